The summed E-state index contributed by atoms with van der Waals surface area (Å²) in [7, 11) is 1.94. The van der Waals surface area contributed by atoms with Gasteiger partial charge in [0.25, 0.3) is 0 Å². The van der Waals surface area contributed by atoms with Gasteiger partial charge in [0, 0.05) is 24.1 Å². The molecule has 0 radical (unpaired) electrons. The lowest BCUT2D eigenvalue weighted by molar-refractivity contribution is -0.128. The van der Waals surface area contributed by atoms with E-state index in [1.165, 1.54) is 0 Å². The first-order chi connectivity index (χ1) is 13.0. The Bertz CT molecular complexity index is 993. The molecule has 3 unspecified atom stereocenters. The SMILES string of the molecule is CN1CCC2C(C#N)=C(N)C(C#N)(C#N)C3(C(=O)Nc4ccccc43)C2C1. The average Bonchev–Trinajstić information content (AvgIpc) is 2.97. The topological polar surface area (TPSA) is 130 Å². The number of hydrogen-bond acceptors (Lipinski definition) is 6. The number of nitriles is 3. The molecule has 0 aromatic heterocycles. The van der Waals surface area contributed by atoms with Gasteiger partial charge in [-0.1, -0.05) is 18.2 Å². The van der Waals surface area contributed by atoms with Crippen LogP contribution >= 0.6 is 0 Å². The first-order valence-corrected chi connectivity index (χ1v) is 8.80. The summed E-state index contributed by atoms with van der Waals surface area (Å²) in [5, 5.41) is 32.9. The van der Waals surface area contributed by atoms with Crippen molar-refractivity contribution in [2.24, 2.45) is 23.0 Å². The van der Waals surface area contributed by atoms with E-state index in [4.69, 9.17) is 5.73 Å². The molecule has 1 spiro atoms. The summed E-state index contributed by atoms with van der Waals surface area (Å²) in [6.45, 7) is 1.25. The average molecular weight is 358 g/mol. The van der Waals surface area contributed by atoms with Crippen molar-refractivity contribution in [3.05, 3.63) is 41.1 Å². The fourth-order valence-corrected chi connectivity index (χ4v) is 5.28. The number of carbonyl (C=O) groups excluding carboxylic acids is 1. The van der Waals surface area contributed by atoms with Crippen molar-refractivity contribution >= 4 is 11.6 Å². The molecular weight excluding hydrogens is 340 g/mol. The van der Waals surface area contributed by atoms with Crippen LogP contribution < -0.4 is 11.1 Å². The number of piperidine rings is 1. The van der Waals surface area contributed by atoms with Crippen LogP contribution in [0.5, 0.6) is 0 Å². The van der Waals surface area contributed by atoms with Crippen LogP contribution in [0.1, 0.15) is 12.0 Å². The lowest BCUT2D eigenvalue weighted by Crippen LogP contribution is -2.64. The van der Waals surface area contributed by atoms with Gasteiger partial charge in [-0.2, -0.15) is 15.8 Å². The number of nitrogens with one attached hydrogen (secondary N) is 1. The summed E-state index contributed by atoms with van der Waals surface area (Å²) in [6, 6.07) is 13.4. The second-order valence-corrected chi connectivity index (χ2v) is 7.48. The number of carbonyl (C=O) groups is 1. The Kier molecular flexibility index (Phi) is 3.53. The monoisotopic (exact) mass is 358 g/mol. The highest BCUT2D eigenvalue weighted by molar-refractivity contribution is 6.09. The van der Waals surface area contributed by atoms with Gasteiger partial charge in [-0.25, -0.2) is 0 Å². The Hall–Kier alpha value is -3.34. The van der Waals surface area contributed by atoms with Gasteiger partial charge < -0.3 is 16.0 Å². The number of nitrogens with two attached hydrogens (primary N) is 1. The predicted molar refractivity (Wildman–Crippen MR) is 96.3 cm³/mol. The number of amides is 1. The van der Waals surface area contributed by atoms with E-state index in [2.05, 4.69) is 28.4 Å². The summed E-state index contributed by atoms with van der Waals surface area (Å²) >= 11 is 0. The fourth-order valence-electron chi connectivity index (χ4n) is 5.28. The molecule has 3 aliphatic rings. The van der Waals surface area contributed by atoms with Crippen molar-refractivity contribution in [3.63, 3.8) is 0 Å². The van der Waals surface area contributed by atoms with E-state index in [1.807, 2.05) is 7.05 Å². The molecule has 0 bridgehead atoms. The second kappa shape index (κ2) is 5.58. The number of likely N-dealkylation sites (tertiary alicyclic amines) is 1. The van der Waals surface area contributed by atoms with Crippen LogP contribution in [0.3, 0.4) is 0 Å². The van der Waals surface area contributed by atoms with E-state index < -0.39 is 22.7 Å². The van der Waals surface area contributed by atoms with Crippen molar-refractivity contribution in [1.82, 2.24) is 4.90 Å². The Morgan fingerprint density at radius 2 is 1.96 bits per heavy atom. The van der Waals surface area contributed by atoms with Crippen molar-refractivity contribution < 1.29 is 4.79 Å². The number of benzene rings is 1. The van der Waals surface area contributed by atoms with Crippen LogP contribution in [0.15, 0.2) is 35.5 Å². The summed E-state index contributed by atoms with van der Waals surface area (Å²) in [5.74, 6) is -1.06. The number of fused-ring (bicyclic) bond motifs is 4. The van der Waals surface area contributed by atoms with E-state index in [0.717, 1.165) is 6.54 Å². The standard InChI is InChI=1S/C20H18N6O/c1-26-7-6-12-13(8-21)17(24)19(10-22,11-23)20(15(12)9-26)14-4-2-3-5-16(14)25-18(20)27/h2-5,12,15H,6-7,9,24H2,1H3,(H,25,27). The zero-order valence-electron chi connectivity index (χ0n) is 14.9. The smallest absolute Gasteiger partial charge is 0.238 e. The van der Waals surface area contributed by atoms with E-state index >= 15 is 0 Å². The maximum Gasteiger partial charge on any atom is 0.238 e. The summed E-state index contributed by atoms with van der Waals surface area (Å²) in [4.78, 5) is 15.5. The second-order valence-electron chi connectivity index (χ2n) is 7.48. The zero-order valence-corrected chi connectivity index (χ0v) is 14.9. The molecule has 0 saturated carbocycles. The zero-order chi connectivity index (χ0) is 19.4. The number of hydrogen-bond donors (Lipinski definition) is 2. The van der Waals surface area contributed by atoms with Crippen molar-refractivity contribution in [1.29, 1.82) is 15.8 Å². The van der Waals surface area contributed by atoms with Crippen LogP contribution in [0.25, 0.3) is 0 Å². The predicted octanol–water partition coefficient (Wildman–Crippen LogP) is 1.23. The van der Waals surface area contributed by atoms with Crippen molar-refractivity contribution in [2.45, 2.75) is 11.8 Å². The van der Waals surface area contributed by atoms with Gasteiger partial charge in [0.15, 0.2) is 0 Å². The van der Waals surface area contributed by atoms with Gasteiger partial charge in [-0.05, 0) is 31.6 Å². The van der Waals surface area contributed by atoms with E-state index in [-0.39, 0.29) is 17.2 Å². The summed E-state index contributed by atoms with van der Waals surface area (Å²) < 4.78 is 0. The van der Waals surface area contributed by atoms with Crippen LogP contribution in [-0.4, -0.2) is 30.9 Å². The van der Waals surface area contributed by atoms with Gasteiger partial charge in [-0.15, -0.1) is 0 Å². The number of anilines is 1. The van der Waals surface area contributed by atoms with Crippen LogP contribution in [-0.2, 0) is 10.2 Å². The molecule has 1 aliphatic carbocycles. The Morgan fingerprint density at radius 1 is 1.26 bits per heavy atom. The Balaban J connectivity index is 2.15. The number of allylic oxidation sites excluding steroid dienone is 2. The largest absolute Gasteiger partial charge is 0.399 e. The molecule has 7 nitrogen and oxygen atoms in total. The lowest BCUT2D eigenvalue weighted by Gasteiger charge is -2.53. The molecule has 27 heavy (non-hydrogen) atoms. The van der Waals surface area contributed by atoms with Crippen LogP contribution in [0.4, 0.5) is 5.69 Å². The molecule has 2 aliphatic heterocycles. The number of para-hydroxylation sites is 1. The molecule has 134 valence electrons. The highest BCUT2D eigenvalue weighted by Gasteiger charge is 2.72. The Morgan fingerprint density at radius 3 is 2.63 bits per heavy atom. The molecule has 1 saturated heterocycles. The molecule has 3 atom stereocenters. The molecule has 1 aromatic carbocycles. The third-order valence-corrected chi connectivity index (χ3v) is 6.44. The maximum absolute atomic E-state index is 13.5. The molecule has 1 amide bonds. The van der Waals surface area contributed by atoms with E-state index in [1.54, 1.807) is 24.3 Å². The molecule has 1 fully saturated rings. The maximum atomic E-state index is 13.5. The summed E-state index contributed by atoms with van der Waals surface area (Å²) in [6.07, 6.45) is 0.648. The first kappa shape index (κ1) is 17.1. The molecular formula is C20H18N6O. The Labute approximate surface area is 157 Å². The molecule has 3 N–H and O–H groups in total. The van der Waals surface area contributed by atoms with Gasteiger partial charge >= 0.3 is 0 Å². The number of nitrogens with zero attached hydrogens (tertiary/aromatic N) is 4. The van der Waals surface area contributed by atoms with Gasteiger partial charge in [-0.3, -0.25) is 4.79 Å². The van der Waals surface area contributed by atoms with E-state index in [0.29, 0.717) is 24.2 Å². The lowest BCUT2D eigenvalue weighted by atomic mass is 9.46. The minimum absolute atomic E-state index is 0.0762. The van der Waals surface area contributed by atoms with E-state index in [9.17, 15) is 20.6 Å². The van der Waals surface area contributed by atoms with Crippen molar-refractivity contribution in [2.75, 3.05) is 25.5 Å². The molecule has 7 heteroatoms. The first-order valence-electron chi connectivity index (χ1n) is 8.80. The minimum Gasteiger partial charge on any atom is -0.399 e. The fraction of sp³-hybridized carbons (Fsp3) is 0.400. The third kappa shape index (κ3) is 1.78. The van der Waals surface area contributed by atoms with Gasteiger partial charge in [0.2, 0.25) is 11.3 Å². The highest BCUT2D eigenvalue weighted by Crippen LogP contribution is 2.62. The van der Waals surface area contributed by atoms with Crippen LogP contribution in [0.2, 0.25) is 0 Å². The molecule has 2 heterocycles. The molecule has 1 aromatic rings. The van der Waals surface area contributed by atoms with Gasteiger partial charge in [0.1, 0.15) is 5.41 Å². The minimum atomic E-state index is -1.94. The normalized spacial score (nSPS) is 31.3. The van der Waals surface area contributed by atoms with Crippen LogP contribution in [0, 0.1) is 51.2 Å². The van der Waals surface area contributed by atoms with Crippen molar-refractivity contribution in [3.8, 4) is 18.2 Å². The third-order valence-electron chi connectivity index (χ3n) is 6.44. The van der Waals surface area contributed by atoms with Gasteiger partial charge in [0.05, 0.1) is 29.5 Å². The highest BCUT2D eigenvalue weighted by atomic mass is 16.2. The quantitative estimate of drug-likeness (QED) is 0.717. The molecule has 4 rings (SSSR count). The number of rotatable bonds is 0. The summed E-state index contributed by atoms with van der Waals surface area (Å²) in [5.41, 5.74) is 4.35.